The van der Waals surface area contributed by atoms with Crippen molar-refractivity contribution >= 4 is 45.1 Å². The van der Waals surface area contributed by atoms with Crippen LogP contribution in [-0.2, 0) is 44.2 Å². The molecule has 0 saturated heterocycles. The number of alkyl halides is 3. The SMILES string of the molecule is CCC(CC)C(=O)/C=C(\O)C(CC)CC.Cc1[c-]c(-c2ncc(C(F)(F)F)c3c4ccc5cc(CC(C)(C)C)ccc5c4p(C)c23)cc(C)c1.[Ir]. The summed E-state index contributed by atoms with van der Waals surface area (Å²) in [5, 5.41) is 14.6. The fraction of sp³-hybridized carbons (Fsp3) is 0.442. The predicted molar refractivity (Wildman–Crippen MR) is 206 cm³/mol. The topological polar surface area (TPSA) is 50.2 Å². The minimum Gasteiger partial charge on any atom is -0.512 e. The Kier molecular flexibility index (Phi) is 14.3. The number of fused-ring (bicyclic) bond motifs is 5. The number of halogens is 3. The molecule has 2 aromatic heterocycles. The van der Waals surface area contributed by atoms with E-state index in [0.29, 0.717) is 21.6 Å². The summed E-state index contributed by atoms with van der Waals surface area (Å²) in [5.74, 6) is 0.547. The summed E-state index contributed by atoms with van der Waals surface area (Å²) in [6, 6.07) is 17.6. The molecular formula is C43H52F3IrNO2P-. The maximum absolute atomic E-state index is 14.2. The summed E-state index contributed by atoms with van der Waals surface area (Å²) >= 11 is 0. The molecule has 5 aromatic rings. The Morgan fingerprint density at radius 1 is 0.902 bits per heavy atom. The van der Waals surface area contributed by atoms with Crippen molar-refractivity contribution in [2.75, 3.05) is 0 Å². The van der Waals surface area contributed by atoms with Crippen LogP contribution in [0.2, 0.25) is 0 Å². The normalized spacial score (nSPS) is 12.8. The number of benzene rings is 3. The maximum Gasteiger partial charge on any atom is 0.418 e. The number of aliphatic hydroxyl groups is 1. The van der Waals surface area contributed by atoms with E-state index in [4.69, 9.17) is 0 Å². The van der Waals surface area contributed by atoms with Gasteiger partial charge in [-0.3, -0.25) is 4.79 Å². The van der Waals surface area contributed by atoms with Crippen LogP contribution in [0.1, 0.15) is 96.4 Å². The number of aromatic nitrogens is 1. The number of ketones is 1. The van der Waals surface area contributed by atoms with Crippen molar-refractivity contribution < 1.29 is 43.2 Å². The molecule has 8 heteroatoms. The first-order valence-electron chi connectivity index (χ1n) is 17.8. The quantitative estimate of drug-likeness (QED) is 0.0911. The molecule has 1 radical (unpaired) electrons. The minimum atomic E-state index is -4.48. The van der Waals surface area contributed by atoms with Gasteiger partial charge in [0.1, 0.15) is 0 Å². The second-order valence-electron chi connectivity index (χ2n) is 14.8. The Labute approximate surface area is 316 Å². The number of hydrogen-bond donors (Lipinski definition) is 1. The molecule has 0 bridgehead atoms. The van der Waals surface area contributed by atoms with Crippen LogP contribution in [0.5, 0.6) is 0 Å². The van der Waals surface area contributed by atoms with E-state index >= 15 is 0 Å². The van der Waals surface area contributed by atoms with Crippen LogP contribution in [0.4, 0.5) is 13.2 Å². The van der Waals surface area contributed by atoms with Gasteiger partial charge in [-0.25, -0.2) is 0 Å². The third kappa shape index (κ3) is 9.72. The first-order chi connectivity index (χ1) is 23.4. The molecule has 3 aromatic carbocycles. The number of hydrogen-bond acceptors (Lipinski definition) is 3. The van der Waals surface area contributed by atoms with Gasteiger partial charge in [0.05, 0.1) is 11.3 Å². The summed E-state index contributed by atoms with van der Waals surface area (Å²) in [4.78, 5) is 16.1. The third-order valence-corrected chi connectivity index (χ3v) is 11.8. The van der Waals surface area contributed by atoms with Crippen molar-refractivity contribution in [1.82, 2.24) is 4.98 Å². The van der Waals surface area contributed by atoms with Crippen LogP contribution >= 0.6 is 7.53 Å². The minimum absolute atomic E-state index is 0. The average molecular weight is 895 g/mol. The fourth-order valence-electron chi connectivity index (χ4n) is 7.07. The van der Waals surface area contributed by atoms with Gasteiger partial charge in [0.2, 0.25) is 0 Å². The number of pyridine rings is 1. The van der Waals surface area contributed by atoms with Crippen molar-refractivity contribution in [3.05, 3.63) is 88.8 Å². The average Bonchev–Trinajstić information content (AvgIpc) is 3.32. The van der Waals surface area contributed by atoms with E-state index in [-0.39, 0.29) is 48.9 Å². The van der Waals surface area contributed by atoms with Crippen molar-refractivity contribution in [1.29, 1.82) is 0 Å². The number of nitrogens with zero attached hydrogens (tertiary/aromatic N) is 1. The Bertz CT molecular complexity index is 2010. The van der Waals surface area contributed by atoms with Crippen LogP contribution in [0.3, 0.4) is 0 Å². The molecule has 0 amide bonds. The van der Waals surface area contributed by atoms with E-state index < -0.39 is 19.3 Å². The zero-order chi connectivity index (χ0) is 37.1. The number of aryl methyl sites for hydroxylation is 3. The molecule has 5 rings (SSSR count). The van der Waals surface area contributed by atoms with Crippen molar-refractivity contribution in [2.45, 2.75) is 101 Å². The van der Waals surface area contributed by atoms with Crippen LogP contribution in [0, 0.1) is 37.2 Å². The summed E-state index contributed by atoms with van der Waals surface area (Å²) < 4.78 is 42.6. The molecule has 277 valence electrons. The molecule has 0 saturated carbocycles. The van der Waals surface area contributed by atoms with Gasteiger partial charge in [0.25, 0.3) is 0 Å². The molecule has 1 atom stereocenters. The van der Waals surface area contributed by atoms with Gasteiger partial charge in [0.15, 0.2) is 5.78 Å². The zero-order valence-electron chi connectivity index (χ0n) is 31.6. The number of rotatable bonds is 9. The van der Waals surface area contributed by atoms with E-state index in [2.05, 4.69) is 56.7 Å². The summed E-state index contributed by atoms with van der Waals surface area (Å²) in [5.41, 5.74) is 4.10. The summed E-state index contributed by atoms with van der Waals surface area (Å²) in [7, 11) is -1.04. The van der Waals surface area contributed by atoms with Crippen molar-refractivity contribution in [3.8, 4) is 11.3 Å². The molecule has 3 nitrogen and oxygen atoms in total. The van der Waals surface area contributed by atoms with Crippen molar-refractivity contribution in [3.63, 3.8) is 0 Å². The fourth-order valence-corrected chi connectivity index (χ4v) is 9.48. The Morgan fingerprint density at radius 3 is 2.06 bits per heavy atom. The van der Waals surface area contributed by atoms with E-state index in [9.17, 15) is 23.1 Å². The Morgan fingerprint density at radius 2 is 1.51 bits per heavy atom. The molecule has 51 heavy (non-hydrogen) atoms. The zero-order valence-corrected chi connectivity index (χ0v) is 34.9. The third-order valence-electron chi connectivity index (χ3n) is 9.57. The molecule has 1 unspecified atom stereocenters. The van der Waals surface area contributed by atoms with Gasteiger partial charge in [0, 0.05) is 54.7 Å². The molecule has 0 spiro atoms. The first-order valence-corrected chi connectivity index (χ1v) is 19.6. The van der Waals surface area contributed by atoms with E-state index in [0.717, 1.165) is 70.9 Å². The number of carbonyl (C=O) groups excluding carboxylic acids is 1. The van der Waals surface area contributed by atoms with Gasteiger partial charge in [-0.2, -0.15) is 13.2 Å². The Balaban J connectivity index is 0.000000374. The van der Waals surface area contributed by atoms with E-state index in [1.807, 2.05) is 65.8 Å². The molecule has 0 fully saturated rings. The van der Waals surface area contributed by atoms with Gasteiger partial charge in [-0.15, -0.1) is 42.4 Å². The predicted octanol–water partition coefficient (Wildman–Crippen LogP) is 13.6. The molecular weight excluding hydrogens is 843 g/mol. The van der Waals surface area contributed by atoms with Crippen LogP contribution in [0.25, 0.3) is 43.0 Å². The van der Waals surface area contributed by atoms with Crippen LogP contribution < -0.4 is 0 Å². The van der Waals surface area contributed by atoms with Gasteiger partial charge in [-0.1, -0.05) is 92.6 Å². The van der Waals surface area contributed by atoms with E-state index in [1.54, 1.807) is 0 Å². The molecule has 0 aliphatic rings. The summed E-state index contributed by atoms with van der Waals surface area (Å²) in [6.45, 7) is 20.7. The maximum atomic E-state index is 14.2. The number of aliphatic hydroxyl groups excluding tert-OH is 1. The largest absolute Gasteiger partial charge is 0.512 e. The first kappa shape index (κ1) is 42.4. The van der Waals surface area contributed by atoms with Gasteiger partial charge < -0.3 is 10.1 Å². The second kappa shape index (κ2) is 17.2. The second-order valence-corrected chi connectivity index (χ2v) is 16.8. The Hall–Kier alpha value is -2.98. The van der Waals surface area contributed by atoms with Crippen LogP contribution in [0.15, 0.2) is 60.5 Å². The number of carbonyl (C=O) groups is 1. The standard InChI is InChI=1S/C30H28F3NP.C13H24O2.Ir/c1-17-11-18(2)13-21(12-17)26-28-25(24(16-34-26)30(31,32)33)23-10-8-20-14-19(15-29(3,4)5)7-9-22(20)27(23)35(28)6;1-5-10(6-2)12(14)9-13(15)11(7-3)8-4;/h7-12,14,16H,15H2,1-6H3;9-11,14H,5-8H2,1-4H3;/q-1;;/b;12-9-;. The van der Waals surface area contributed by atoms with Crippen molar-refractivity contribution in [2.24, 2.45) is 23.9 Å². The smallest absolute Gasteiger partial charge is 0.418 e. The monoisotopic (exact) mass is 895 g/mol. The molecule has 0 aliphatic carbocycles. The van der Waals surface area contributed by atoms with Crippen LogP contribution in [-0.4, -0.2) is 15.9 Å². The summed E-state index contributed by atoms with van der Waals surface area (Å²) in [6.07, 6.45) is 2.37. The molecule has 1 N–H and O–H groups in total. The molecule has 2 heterocycles. The number of allylic oxidation sites excluding steroid dienone is 2. The van der Waals surface area contributed by atoms with Gasteiger partial charge >= 0.3 is 6.18 Å². The van der Waals surface area contributed by atoms with Gasteiger partial charge in [-0.05, 0) is 76.7 Å². The van der Waals surface area contributed by atoms with E-state index in [1.165, 1.54) is 11.6 Å². The molecule has 0 aliphatic heterocycles.